The van der Waals surface area contributed by atoms with Crippen LogP contribution in [0, 0.1) is 0 Å². The number of benzene rings is 2. The first kappa shape index (κ1) is 29.0. The van der Waals surface area contributed by atoms with Gasteiger partial charge < -0.3 is 10.2 Å². The topological polar surface area (TPSA) is 125 Å². The molecule has 1 heterocycles. The van der Waals surface area contributed by atoms with Crippen LogP contribution >= 0.6 is 11.6 Å². The van der Waals surface area contributed by atoms with Crippen LogP contribution in [-0.4, -0.2) is 52.9 Å². The van der Waals surface area contributed by atoms with Crippen molar-refractivity contribution >= 4 is 39.1 Å². The van der Waals surface area contributed by atoms with Gasteiger partial charge in [0.1, 0.15) is 0 Å². The van der Waals surface area contributed by atoms with E-state index >= 15 is 0 Å². The van der Waals surface area contributed by atoms with Gasteiger partial charge in [0.2, 0.25) is 10.0 Å². The van der Waals surface area contributed by atoms with E-state index in [4.69, 9.17) is 21.8 Å². The van der Waals surface area contributed by atoms with Crippen molar-refractivity contribution in [3.05, 3.63) is 101 Å². The van der Waals surface area contributed by atoms with Crippen LogP contribution in [0.25, 0.3) is 5.57 Å². The molecule has 38 heavy (non-hydrogen) atoms. The predicted octanol–water partition coefficient (Wildman–Crippen LogP) is 5.13. The van der Waals surface area contributed by atoms with Crippen LogP contribution in [0.5, 0.6) is 0 Å². The molecule has 0 spiro atoms. The molecule has 0 unspecified atom stereocenters. The predicted molar refractivity (Wildman–Crippen MR) is 145 cm³/mol. The lowest BCUT2D eigenvalue weighted by Crippen LogP contribution is -2.34. The third-order valence-corrected chi connectivity index (χ3v) is 8.02. The summed E-state index contributed by atoms with van der Waals surface area (Å²) >= 11 is 5.89. The highest BCUT2D eigenvalue weighted by Crippen LogP contribution is 2.25. The first-order chi connectivity index (χ1) is 18.2. The van der Waals surface area contributed by atoms with Crippen LogP contribution < -0.4 is 0 Å². The Labute approximate surface area is 227 Å². The Morgan fingerprint density at radius 1 is 0.895 bits per heavy atom. The molecule has 3 rings (SSSR count). The number of rotatable bonds is 14. The summed E-state index contributed by atoms with van der Waals surface area (Å²) in [7, 11) is -3.91. The van der Waals surface area contributed by atoms with Gasteiger partial charge in [-0.2, -0.15) is 4.31 Å². The van der Waals surface area contributed by atoms with Crippen LogP contribution in [0.2, 0.25) is 5.02 Å². The summed E-state index contributed by atoms with van der Waals surface area (Å²) < 4.78 is 27.6. The minimum absolute atomic E-state index is 0.0526. The van der Waals surface area contributed by atoms with Crippen molar-refractivity contribution in [2.24, 2.45) is 0 Å². The quantitative estimate of drug-likeness (QED) is 0.264. The number of carboxylic acid groups (broad SMARTS) is 2. The Hall–Kier alpha value is -3.53. The Morgan fingerprint density at radius 3 is 2.18 bits per heavy atom. The number of carboxylic acids is 2. The lowest BCUT2D eigenvalue weighted by atomic mass is 9.96. The molecule has 0 saturated carbocycles. The zero-order valence-corrected chi connectivity index (χ0v) is 22.2. The van der Waals surface area contributed by atoms with E-state index in [1.807, 2.05) is 42.5 Å². The van der Waals surface area contributed by atoms with E-state index in [9.17, 15) is 18.0 Å². The number of carbonyl (C=O) groups is 2. The smallest absolute Gasteiger partial charge is 0.304 e. The maximum absolute atomic E-state index is 13.2. The summed E-state index contributed by atoms with van der Waals surface area (Å²) in [5, 5.41) is 18.4. The number of hydrogen-bond acceptors (Lipinski definition) is 5. The molecule has 200 valence electrons. The summed E-state index contributed by atoms with van der Waals surface area (Å²) in [5.41, 5.74) is 3.65. The summed E-state index contributed by atoms with van der Waals surface area (Å²) in [4.78, 5) is 26.3. The maximum Gasteiger partial charge on any atom is 0.304 e. The number of halogens is 1. The van der Waals surface area contributed by atoms with E-state index < -0.39 is 22.0 Å². The minimum atomic E-state index is -3.91. The molecule has 0 saturated heterocycles. The molecule has 2 N–H and O–H groups in total. The number of nitrogens with zero attached hydrogens (tertiary/aromatic N) is 2. The van der Waals surface area contributed by atoms with Crippen molar-refractivity contribution in [2.75, 3.05) is 13.1 Å². The average Bonchev–Trinajstić information content (AvgIpc) is 2.89. The van der Waals surface area contributed by atoms with Crippen molar-refractivity contribution in [1.82, 2.24) is 9.29 Å². The Kier molecular flexibility index (Phi) is 10.6. The van der Waals surface area contributed by atoms with Crippen molar-refractivity contribution in [3.63, 3.8) is 0 Å². The standard InChI is InChI=1S/C28H29ClN2O6S/c29-24-11-13-25(14-12-24)38(36,37)31(19-16-28(34)35)18-15-21-7-9-22(10-8-21)26(5-1-2-6-27(32)33)23-4-3-17-30-20-23/h3-5,7-14,17,20H,1-2,6,15-16,18-19H2,(H,32,33)(H,34,35)/b26-5+. The van der Waals surface area contributed by atoms with E-state index in [0.29, 0.717) is 24.3 Å². The van der Waals surface area contributed by atoms with Crippen LogP contribution in [-0.2, 0) is 26.0 Å². The monoisotopic (exact) mass is 556 g/mol. The maximum atomic E-state index is 13.2. The fourth-order valence-corrected chi connectivity index (χ4v) is 5.42. The van der Waals surface area contributed by atoms with Gasteiger partial charge in [0.05, 0.1) is 11.3 Å². The van der Waals surface area contributed by atoms with E-state index in [1.54, 1.807) is 12.4 Å². The number of aromatic nitrogens is 1. The van der Waals surface area contributed by atoms with Crippen molar-refractivity contribution in [3.8, 4) is 0 Å². The number of pyridine rings is 1. The molecule has 1 aromatic heterocycles. The van der Waals surface area contributed by atoms with E-state index in [-0.39, 0.29) is 30.8 Å². The van der Waals surface area contributed by atoms with Gasteiger partial charge in [0.15, 0.2) is 0 Å². The van der Waals surface area contributed by atoms with Crippen LogP contribution in [0.15, 0.2) is 84.0 Å². The van der Waals surface area contributed by atoms with Crippen molar-refractivity contribution in [2.45, 2.75) is 37.0 Å². The lowest BCUT2D eigenvalue weighted by molar-refractivity contribution is -0.138. The van der Waals surface area contributed by atoms with Gasteiger partial charge in [0.25, 0.3) is 0 Å². The molecule has 0 atom stereocenters. The fourth-order valence-electron chi connectivity index (χ4n) is 3.86. The number of allylic oxidation sites excluding steroid dienone is 1. The molecule has 0 fully saturated rings. The van der Waals surface area contributed by atoms with Gasteiger partial charge in [-0.1, -0.05) is 48.0 Å². The first-order valence-electron chi connectivity index (χ1n) is 12.1. The molecular weight excluding hydrogens is 528 g/mol. The second-order valence-electron chi connectivity index (χ2n) is 8.59. The van der Waals surface area contributed by atoms with Crippen molar-refractivity contribution < 1.29 is 28.2 Å². The highest BCUT2D eigenvalue weighted by atomic mass is 35.5. The normalized spacial score (nSPS) is 12.0. The van der Waals surface area contributed by atoms with Gasteiger partial charge in [-0.05, 0) is 66.3 Å². The lowest BCUT2D eigenvalue weighted by Gasteiger charge is -2.22. The van der Waals surface area contributed by atoms with E-state index in [1.165, 1.54) is 28.6 Å². The number of aliphatic carboxylic acids is 2. The highest BCUT2D eigenvalue weighted by molar-refractivity contribution is 7.89. The molecule has 3 aromatic rings. The van der Waals surface area contributed by atoms with Crippen LogP contribution in [0.4, 0.5) is 0 Å². The average molecular weight is 557 g/mol. The Balaban J connectivity index is 1.77. The summed E-state index contributed by atoms with van der Waals surface area (Å²) in [6, 6.07) is 17.2. The highest BCUT2D eigenvalue weighted by Gasteiger charge is 2.25. The molecule has 0 radical (unpaired) electrons. The molecule has 0 aliphatic heterocycles. The molecule has 10 heteroatoms. The van der Waals surface area contributed by atoms with Crippen LogP contribution in [0.1, 0.15) is 42.4 Å². The fraction of sp³-hybridized carbons (Fsp3) is 0.250. The summed E-state index contributed by atoms with van der Waals surface area (Å²) in [6.07, 6.45) is 6.71. The summed E-state index contributed by atoms with van der Waals surface area (Å²) in [5.74, 6) is -1.91. The third-order valence-electron chi connectivity index (χ3n) is 5.86. The first-order valence-corrected chi connectivity index (χ1v) is 13.9. The second-order valence-corrected chi connectivity index (χ2v) is 11.0. The van der Waals surface area contributed by atoms with Gasteiger partial charge in [-0.15, -0.1) is 0 Å². The zero-order chi connectivity index (χ0) is 27.5. The Morgan fingerprint density at radius 2 is 1.58 bits per heavy atom. The molecule has 0 amide bonds. The van der Waals surface area contributed by atoms with Gasteiger partial charge in [0, 0.05) is 42.5 Å². The largest absolute Gasteiger partial charge is 0.481 e. The van der Waals surface area contributed by atoms with Gasteiger partial charge in [-0.3, -0.25) is 14.6 Å². The molecule has 8 nitrogen and oxygen atoms in total. The van der Waals surface area contributed by atoms with Gasteiger partial charge in [-0.25, -0.2) is 8.42 Å². The SMILES string of the molecule is O=C(O)CCC/C=C(\c1ccc(CCN(CCC(=O)O)S(=O)(=O)c2ccc(Cl)cc2)cc1)c1cccnc1. The third kappa shape index (κ3) is 8.51. The summed E-state index contributed by atoms with van der Waals surface area (Å²) in [6.45, 7) is -0.0410. The number of unbranched alkanes of at least 4 members (excludes halogenated alkanes) is 1. The molecule has 0 aliphatic rings. The van der Waals surface area contributed by atoms with E-state index in [0.717, 1.165) is 22.3 Å². The Bertz CT molecular complexity index is 1360. The molecule has 0 bridgehead atoms. The van der Waals surface area contributed by atoms with Gasteiger partial charge >= 0.3 is 11.9 Å². The number of sulfonamides is 1. The second kappa shape index (κ2) is 13.9. The van der Waals surface area contributed by atoms with Crippen LogP contribution in [0.3, 0.4) is 0 Å². The minimum Gasteiger partial charge on any atom is -0.481 e. The number of hydrogen-bond donors (Lipinski definition) is 2. The van der Waals surface area contributed by atoms with E-state index in [2.05, 4.69) is 4.98 Å². The molecular formula is C28H29ClN2O6S. The zero-order valence-electron chi connectivity index (χ0n) is 20.7. The molecule has 0 aliphatic carbocycles. The van der Waals surface area contributed by atoms with Crippen molar-refractivity contribution in [1.29, 1.82) is 0 Å². The molecule has 2 aromatic carbocycles.